The van der Waals surface area contributed by atoms with E-state index in [4.69, 9.17) is 0 Å². The average Bonchev–Trinajstić information content (AvgIpc) is 2.62. The zero-order valence-electron chi connectivity index (χ0n) is 14.6. The molecule has 5 heteroatoms. The third kappa shape index (κ3) is 4.21. The minimum atomic E-state index is -0.0864. The minimum absolute atomic E-state index is 0.0864. The molecule has 1 aromatic heterocycles. The van der Waals surface area contributed by atoms with Crippen molar-refractivity contribution in [3.63, 3.8) is 0 Å². The number of rotatable bonds is 4. The summed E-state index contributed by atoms with van der Waals surface area (Å²) < 4.78 is 0. The second-order valence-electron chi connectivity index (χ2n) is 6.40. The number of aryl methyl sites for hydroxylation is 4. The molecule has 1 amide bonds. The van der Waals surface area contributed by atoms with Gasteiger partial charge in [-0.25, -0.2) is 4.98 Å². The van der Waals surface area contributed by atoms with Crippen LogP contribution in [0.2, 0.25) is 0 Å². The van der Waals surface area contributed by atoms with E-state index in [0.717, 1.165) is 42.6 Å². The highest BCUT2D eigenvalue weighted by molar-refractivity contribution is 8.00. The smallest absolute Gasteiger partial charge is 0.234 e. The number of amides is 1. The Hall–Kier alpha value is -2.32. The van der Waals surface area contributed by atoms with E-state index in [1.807, 2.05) is 38.1 Å². The second-order valence-corrected chi connectivity index (χ2v) is 7.37. The van der Waals surface area contributed by atoms with Crippen LogP contribution in [0.25, 0.3) is 0 Å². The molecule has 4 nitrogen and oxygen atoms in total. The highest BCUT2D eigenvalue weighted by atomic mass is 32.2. The van der Waals surface area contributed by atoms with E-state index in [0.29, 0.717) is 10.6 Å². The first-order chi connectivity index (χ1) is 12.1. The van der Waals surface area contributed by atoms with Crippen LogP contribution >= 0.6 is 11.8 Å². The lowest BCUT2D eigenvalue weighted by molar-refractivity contribution is -0.113. The molecule has 0 saturated heterocycles. The lowest BCUT2D eigenvalue weighted by Crippen LogP contribution is -2.15. The molecule has 1 aliphatic rings. The summed E-state index contributed by atoms with van der Waals surface area (Å²) in [5.74, 6) is 0.157. The third-order valence-corrected chi connectivity index (χ3v) is 5.51. The van der Waals surface area contributed by atoms with Gasteiger partial charge in [-0.3, -0.25) is 4.79 Å². The standard InChI is InChI=1S/C20H21N3OS/c1-13-7-8-17(9-14(13)2)22-19(24)12-25-20-16(11-21)10-15-5-3-4-6-18(15)23-20/h7-10H,3-6,12H2,1-2H3,(H,22,24). The van der Waals surface area contributed by atoms with Crippen molar-refractivity contribution in [2.75, 3.05) is 11.1 Å². The molecule has 2 aromatic rings. The van der Waals surface area contributed by atoms with E-state index >= 15 is 0 Å². The number of anilines is 1. The summed E-state index contributed by atoms with van der Waals surface area (Å²) in [5.41, 5.74) is 5.99. The van der Waals surface area contributed by atoms with Crippen molar-refractivity contribution >= 4 is 23.4 Å². The zero-order chi connectivity index (χ0) is 17.8. The van der Waals surface area contributed by atoms with E-state index in [1.54, 1.807) is 0 Å². The molecule has 1 aliphatic carbocycles. The van der Waals surface area contributed by atoms with Gasteiger partial charge in [0.25, 0.3) is 0 Å². The van der Waals surface area contributed by atoms with Crippen LogP contribution in [0.4, 0.5) is 5.69 Å². The number of nitrogens with one attached hydrogen (secondary N) is 1. The van der Waals surface area contributed by atoms with Gasteiger partial charge in [-0.05, 0) is 74.4 Å². The topological polar surface area (TPSA) is 65.8 Å². The summed E-state index contributed by atoms with van der Waals surface area (Å²) >= 11 is 1.33. The Kier molecular flexibility index (Phi) is 5.40. The van der Waals surface area contributed by atoms with Crippen LogP contribution in [0.3, 0.4) is 0 Å². The molecule has 128 valence electrons. The molecule has 0 bridgehead atoms. The number of aromatic nitrogens is 1. The molecule has 3 rings (SSSR count). The molecule has 1 heterocycles. The van der Waals surface area contributed by atoms with E-state index in [1.165, 1.54) is 22.9 Å². The Labute approximate surface area is 152 Å². The van der Waals surface area contributed by atoms with Crippen LogP contribution in [0.1, 0.15) is 40.8 Å². The van der Waals surface area contributed by atoms with Crippen LogP contribution in [0.15, 0.2) is 29.3 Å². The maximum Gasteiger partial charge on any atom is 0.234 e. The first-order valence-electron chi connectivity index (χ1n) is 8.49. The maximum absolute atomic E-state index is 12.2. The van der Waals surface area contributed by atoms with Crippen LogP contribution in [0.5, 0.6) is 0 Å². The van der Waals surface area contributed by atoms with E-state index in [9.17, 15) is 10.1 Å². The number of carbonyl (C=O) groups is 1. The van der Waals surface area contributed by atoms with Crippen molar-refractivity contribution < 1.29 is 4.79 Å². The maximum atomic E-state index is 12.2. The van der Waals surface area contributed by atoms with Crippen molar-refractivity contribution in [1.29, 1.82) is 5.26 Å². The van der Waals surface area contributed by atoms with Gasteiger partial charge in [0.05, 0.1) is 11.3 Å². The second kappa shape index (κ2) is 7.71. The van der Waals surface area contributed by atoms with Gasteiger partial charge >= 0.3 is 0 Å². The van der Waals surface area contributed by atoms with Crippen molar-refractivity contribution in [1.82, 2.24) is 4.98 Å². The van der Waals surface area contributed by atoms with E-state index in [2.05, 4.69) is 16.4 Å². The number of carbonyl (C=O) groups excluding carboxylic acids is 1. The molecule has 1 N–H and O–H groups in total. The van der Waals surface area contributed by atoms with Crippen LogP contribution < -0.4 is 5.32 Å². The van der Waals surface area contributed by atoms with Gasteiger partial charge in [-0.15, -0.1) is 0 Å². The average molecular weight is 351 g/mol. The van der Waals surface area contributed by atoms with Crippen LogP contribution in [0, 0.1) is 25.2 Å². The number of hydrogen-bond acceptors (Lipinski definition) is 4. The summed E-state index contributed by atoms with van der Waals surface area (Å²) in [7, 11) is 0. The summed E-state index contributed by atoms with van der Waals surface area (Å²) in [5, 5.41) is 12.9. The molecule has 25 heavy (non-hydrogen) atoms. The highest BCUT2D eigenvalue weighted by Crippen LogP contribution is 2.27. The van der Waals surface area contributed by atoms with E-state index in [-0.39, 0.29) is 11.7 Å². The quantitative estimate of drug-likeness (QED) is 0.839. The molecule has 0 unspecified atom stereocenters. The third-order valence-electron chi connectivity index (χ3n) is 4.52. The first kappa shape index (κ1) is 17.5. The fourth-order valence-electron chi connectivity index (χ4n) is 2.95. The SMILES string of the molecule is Cc1ccc(NC(=O)CSc2nc3c(cc2C#N)CCCC3)cc1C. The van der Waals surface area contributed by atoms with Gasteiger partial charge in [0, 0.05) is 11.4 Å². The molecular weight excluding hydrogens is 330 g/mol. The fourth-order valence-corrected chi connectivity index (χ4v) is 3.73. The van der Waals surface area contributed by atoms with Gasteiger partial charge < -0.3 is 5.32 Å². The van der Waals surface area contributed by atoms with Gasteiger partial charge in [0.1, 0.15) is 11.1 Å². The Morgan fingerprint density at radius 3 is 2.80 bits per heavy atom. The molecule has 0 fully saturated rings. The lowest BCUT2D eigenvalue weighted by atomic mass is 9.95. The lowest BCUT2D eigenvalue weighted by Gasteiger charge is -2.16. The van der Waals surface area contributed by atoms with Crippen molar-refractivity contribution in [2.24, 2.45) is 0 Å². The molecule has 0 spiro atoms. The van der Waals surface area contributed by atoms with Crippen molar-refractivity contribution in [3.8, 4) is 6.07 Å². The van der Waals surface area contributed by atoms with Gasteiger partial charge in [-0.1, -0.05) is 17.8 Å². The van der Waals surface area contributed by atoms with Gasteiger partial charge in [-0.2, -0.15) is 5.26 Å². The van der Waals surface area contributed by atoms with Crippen molar-refractivity contribution in [3.05, 3.63) is 52.2 Å². The zero-order valence-corrected chi connectivity index (χ0v) is 15.4. The normalized spacial score (nSPS) is 13.0. The summed E-state index contributed by atoms with van der Waals surface area (Å²) in [6, 6.07) is 10.0. The number of pyridine rings is 1. The molecule has 0 atom stereocenters. The van der Waals surface area contributed by atoms with Gasteiger partial charge in [0.2, 0.25) is 5.91 Å². The minimum Gasteiger partial charge on any atom is -0.325 e. The predicted octanol–water partition coefficient (Wildman–Crippen LogP) is 4.18. The Morgan fingerprint density at radius 1 is 1.24 bits per heavy atom. The van der Waals surface area contributed by atoms with Crippen LogP contribution in [-0.4, -0.2) is 16.6 Å². The van der Waals surface area contributed by atoms with E-state index < -0.39 is 0 Å². The number of nitrogens with zero attached hydrogens (tertiary/aromatic N) is 2. The molecule has 0 saturated carbocycles. The summed E-state index contributed by atoms with van der Waals surface area (Å²) in [6.45, 7) is 4.07. The number of thioether (sulfide) groups is 1. The van der Waals surface area contributed by atoms with Gasteiger partial charge in [0.15, 0.2) is 0 Å². The van der Waals surface area contributed by atoms with Crippen molar-refractivity contribution in [2.45, 2.75) is 44.6 Å². The molecule has 0 aliphatic heterocycles. The highest BCUT2D eigenvalue weighted by Gasteiger charge is 2.16. The largest absolute Gasteiger partial charge is 0.325 e. The van der Waals surface area contributed by atoms with Crippen LogP contribution in [-0.2, 0) is 17.6 Å². The Morgan fingerprint density at radius 2 is 2.04 bits per heavy atom. The first-order valence-corrected chi connectivity index (χ1v) is 9.48. The monoisotopic (exact) mass is 351 g/mol. The fraction of sp³-hybridized carbons (Fsp3) is 0.350. The molecular formula is C20H21N3OS. The number of nitriles is 1. The summed E-state index contributed by atoms with van der Waals surface area (Å²) in [6.07, 6.45) is 4.26. The number of benzene rings is 1. The number of fused-ring (bicyclic) bond motifs is 1. The predicted molar refractivity (Wildman–Crippen MR) is 101 cm³/mol. The number of hydrogen-bond donors (Lipinski definition) is 1. The Balaban J connectivity index is 1.67. The summed E-state index contributed by atoms with van der Waals surface area (Å²) in [4.78, 5) is 16.9. The molecule has 0 radical (unpaired) electrons. The molecule has 1 aromatic carbocycles. The Bertz CT molecular complexity index is 855.